The van der Waals surface area contributed by atoms with Crippen LogP contribution in [0.3, 0.4) is 0 Å². The van der Waals surface area contributed by atoms with Gasteiger partial charge >= 0.3 is 5.97 Å². The molecule has 1 aromatic heterocycles. The first kappa shape index (κ1) is 18.4. The molecule has 2 rings (SSSR count). The van der Waals surface area contributed by atoms with Crippen molar-refractivity contribution >= 4 is 23.4 Å². The van der Waals surface area contributed by atoms with Crippen molar-refractivity contribution in [1.29, 1.82) is 0 Å². The van der Waals surface area contributed by atoms with Gasteiger partial charge < -0.3 is 15.4 Å². The SMILES string of the molecule is CCOC(=O)c1ccccc1Nc1cc(C(=O)NC(C)CC)ncn1. The van der Waals surface area contributed by atoms with Crippen LogP contribution in [0.4, 0.5) is 11.5 Å². The first-order chi connectivity index (χ1) is 12.0. The van der Waals surface area contributed by atoms with E-state index >= 15 is 0 Å². The fourth-order valence-electron chi connectivity index (χ4n) is 2.07. The van der Waals surface area contributed by atoms with E-state index in [1.165, 1.54) is 6.33 Å². The smallest absolute Gasteiger partial charge is 0.340 e. The van der Waals surface area contributed by atoms with Crippen LogP contribution in [-0.4, -0.2) is 34.5 Å². The van der Waals surface area contributed by atoms with Crippen molar-refractivity contribution in [1.82, 2.24) is 15.3 Å². The Hall–Kier alpha value is -2.96. The molecule has 0 saturated heterocycles. The minimum Gasteiger partial charge on any atom is -0.462 e. The minimum absolute atomic E-state index is 0.0587. The summed E-state index contributed by atoms with van der Waals surface area (Å²) < 4.78 is 5.05. The van der Waals surface area contributed by atoms with Gasteiger partial charge in [-0.05, 0) is 32.4 Å². The number of anilines is 2. The molecule has 1 heterocycles. The third-order valence-electron chi connectivity index (χ3n) is 3.57. The Bertz CT molecular complexity index is 749. The summed E-state index contributed by atoms with van der Waals surface area (Å²) in [6.07, 6.45) is 2.13. The Kier molecular flexibility index (Phi) is 6.45. The van der Waals surface area contributed by atoms with Crippen LogP contribution in [0.2, 0.25) is 0 Å². The predicted molar refractivity (Wildman–Crippen MR) is 94.9 cm³/mol. The highest BCUT2D eigenvalue weighted by atomic mass is 16.5. The van der Waals surface area contributed by atoms with Crippen LogP contribution in [0.15, 0.2) is 36.7 Å². The first-order valence-corrected chi connectivity index (χ1v) is 8.21. The van der Waals surface area contributed by atoms with Gasteiger partial charge in [0.2, 0.25) is 0 Å². The van der Waals surface area contributed by atoms with Crippen molar-refractivity contribution in [2.45, 2.75) is 33.2 Å². The van der Waals surface area contributed by atoms with Gasteiger partial charge in [-0.3, -0.25) is 4.79 Å². The number of ether oxygens (including phenoxy) is 1. The van der Waals surface area contributed by atoms with Crippen LogP contribution in [-0.2, 0) is 4.74 Å². The molecule has 0 aliphatic carbocycles. The Morgan fingerprint density at radius 2 is 1.96 bits per heavy atom. The summed E-state index contributed by atoms with van der Waals surface area (Å²) in [5, 5.41) is 5.89. The van der Waals surface area contributed by atoms with Crippen LogP contribution in [0.1, 0.15) is 48.0 Å². The molecule has 132 valence electrons. The van der Waals surface area contributed by atoms with E-state index in [-0.39, 0.29) is 17.6 Å². The number of benzene rings is 1. The van der Waals surface area contributed by atoms with Crippen molar-refractivity contribution in [3.8, 4) is 0 Å². The molecule has 1 aromatic carbocycles. The Balaban J connectivity index is 2.20. The fraction of sp³-hybridized carbons (Fsp3) is 0.333. The van der Waals surface area contributed by atoms with Crippen LogP contribution >= 0.6 is 0 Å². The van der Waals surface area contributed by atoms with E-state index in [0.717, 1.165) is 6.42 Å². The lowest BCUT2D eigenvalue weighted by Crippen LogP contribution is -2.32. The van der Waals surface area contributed by atoms with E-state index in [9.17, 15) is 9.59 Å². The molecule has 0 aliphatic rings. The topological polar surface area (TPSA) is 93.2 Å². The van der Waals surface area contributed by atoms with Gasteiger partial charge in [-0.1, -0.05) is 19.1 Å². The van der Waals surface area contributed by atoms with Crippen molar-refractivity contribution in [2.75, 3.05) is 11.9 Å². The standard InChI is InChI=1S/C18H22N4O3/c1-4-12(3)21-17(23)15-10-16(20-11-19-15)22-14-9-7-6-8-13(14)18(24)25-5-2/h6-12H,4-5H2,1-3H3,(H,21,23)(H,19,20,22). The van der Waals surface area contributed by atoms with E-state index < -0.39 is 5.97 Å². The summed E-state index contributed by atoms with van der Waals surface area (Å²) in [4.78, 5) is 32.3. The summed E-state index contributed by atoms with van der Waals surface area (Å²) in [6, 6.07) is 8.55. The number of nitrogens with one attached hydrogen (secondary N) is 2. The van der Waals surface area contributed by atoms with Gasteiger partial charge in [0.25, 0.3) is 5.91 Å². The summed E-state index contributed by atoms with van der Waals surface area (Å²) in [5.74, 6) is -0.270. The maximum atomic E-state index is 12.2. The molecule has 25 heavy (non-hydrogen) atoms. The van der Waals surface area contributed by atoms with E-state index in [0.29, 0.717) is 23.7 Å². The van der Waals surface area contributed by atoms with Crippen LogP contribution in [0.25, 0.3) is 0 Å². The quantitative estimate of drug-likeness (QED) is 0.752. The van der Waals surface area contributed by atoms with Gasteiger partial charge in [-0.25, -0.2) is 14.8 Å². The third kappa shape index (κ3) is 5.00. The second kappa shape index (κ2) is 8.77. The van der Waals surface area contributed by atoms with Crippen molar-refractivity contribution in [3.63, 3.8) is 0 Å². The molecule has 7 nitrogen and oxygen atoms in total. The largest absolute Gasteiger partial charge is 0.462 e. The zero-order valence-electron chi connectivity index (χ0n) is 14.6. The second-order valence-corrected chi connectivity index (χ2v) is 5.46. The molecule has 2 N–H and O–H groups in total. The number of nitrogens with zero attached hydrogens (tertiary/aromatic N) is 2. The van der Waals surface area contributed by atoms with Gasteiger partial charge in [0, 0.05) is 12.1 Å². The highest BCUT2D eigenvalue weighted by Gasteiger charge is 2.14. The second-order valence-electron chi connectivity index (χ2n) is 5.46. The summed E-state index contributed by atoms with van der Waals surface area (Å²) in [6.45, 7) is 5.96. The molecule has 0 radical (unpaired) electrons. The summed E-state index contributed by atoms with van der Waals surface area (Å²) >= 11 is 0. The van der Waals surface area contributed by atoms with Gasteiger partial charge in [-0.15, -0.1) is 0 Å². The lowest BCUT2D eigenvalue weighted by molar-refractivity contribution is 0.0527. The summed E-state index contributed by atoms with van der Waals surface area (Å²) in [7, 11) is 0. The number of rotatable bonds is 7. The van der Waals surface area contributed by atoms with Gasteiger partial charge in [0.05, 0.1) is 17.9 Å². The molecular weight excluding hydrogens is 320 g/mol. The van der Waals surface area contributed by atoms with Crippen molar-refractivity contribution in [2.24, 2.45) is 0 Å². The Morgan fingerprint density at radius 1 is 1.20 bits per heavy atom. The minimum atomic E-state index is -0.422. The average molecular weight is 342 g/mol. The van der Waals surface area contributed by atoms with Crippen LogP contribution < -0.4 is 10.6 Å². The normalized spacial score (nSPS) is 11.5. The Morgan fingerprint density at radius 3 is 2.68 bits per heavy atom. The highest BCUT2D eigenvalue weighted by molar-refractivity contribution is 5.97. The summed E-state index contributed by atoms with van der Waals surface area (Å²) in [5.41, 5.74) is 1.20. The molecule has 0 saturated carbocycles. The van der Waals surface area contributed by atoms with E-state index in [1.807, 2.05) is 13.8 Å². The number of amides is 1. The number of para-hydroxylation sites is 1. The first-order valence-electron chi connectivity index (χ1n) is 8.21. The molecule has 1 unspecified atom stereocenters. The van der Waals surface area contributed by atoms with Crippen LogP contribution in [0, 0.1) is 0 Å². The number of hydrogen-bond acceptors (Lipinski definition) is 6. The number of hydrogen-bond donors (Lipinski definition) is 2. The zero-order valence-corrected chi connectivity index (χ0v) is 14.6. The number of carbonyl (C=O) groups is 2. The van der Waals surface area contributed by atoms with Crippen molar-refractivity contribution < 1.29 is 14.3 Å². The molecular formula is C18H22N4O3. The van der Waals surface area contributed by atoms with E-state index in [2.05, 4.69) is 20.6 Å². The van der Waals surface area contributed by atoms with Gasteiger partial charge in [0.1, 0.15) is 17.8 Å². The molecule has 0 fully saturated rings. The maximum absolute atomic E-state index is 12.2. The molecule has 2 aromatic rings. The maximum Gasteiger partial charge on any atom is 0.340 e. The molecule has 1 amide bonds. The molecule has 7 heteroatoms. The Labute approximate surface area is 146 Å². The number of esters is 1. The molecule has 0 aliphatic heterocycles. The van der Waals surface area contributed by atoms with Crippen LogP contribution in [0.5, 0.6) is 0 Å². The van der Waals surface area contributed by atoms with Gasteiger partial charge in [0.15, 0.2) is 0 Å². The lowest BCUT2D eigenvalue weighted by Gasteiger charge is -2.12. The highest BCUT2D eigenvalue weighted by Crippen LogP contribution is 2.20. The van der Waals surface area contributed by atoms with E-state index in [4.69, 9.17) is 4.74 Å². The molecule has 0 spiro atoms. The third-order valence-corrected chi connectivity index (χ3v) is 3.57. The zero-order chi connectivity index (χ0) is 18.2. The van der Waals surface area contributed by atoms with Gasteiger partial charge in [-0.2, -0.15) is 0 Å². The molecule has 1 atom stereocenters. The van der Waals surface area contributed by atoms with E-state index in [1.54, 1.807) is 37.3 Å². The fourth-order valence-corrected chi connectivity index (χ4v) is 2.07. The lowest BCUT2D eigenvalue weighted by atomic mass is 10.2. The number of aromatic nitrogens is 2. The average Bonchev–Trinajstić information content (AvgIpc) is 2.62. The van der Waals surface area contributed by atoms with Crippen molar-refractivity contribution in [3.05, 3.63) is 47.9 Å². The number of carbonyl (C=O) groups excluding carboxylic acids is 2. The predicted octanol–water partition coefficient (Wildman–Crippen LogP) is 2.93. The monoisotopic (exact) mass is 342 g/mol. The molecule has 0 bridgehead atoms.